The predicted molar refractivity (Wildman–Crippen MR) is 62.4 cm³/mol. The van der Waals surface area contributed by atoms with Gasteiger partial charge < -0.3 is 0 Å². The van der Waals surface area contributed by atoms with Gasteiger partial charge in [0.05, 0.1) is 0 Å². The minimum absolute atomic E-state index is 0.608. The molecule has 0 heterocycles. The maximum absolute atomic E-state index is 10.8. The maximum atomic E-state index is 10.8. The summed E-state index contributed by atoms with van der Waals surface area (Å²) in [4.78, 5) is 10.8. The number of unbranched alkanes of at least 4 members (excludes halogenated alkanes) is 1. The van der Waals surface area contributed by atoms with Gasteiger partial charge in [0.15, 0.2) is 0 Å². The molecule has 1 heteroatoms. The van der Waals surface area contributed by atoms with Crippen molar-refractivity contribution in [2.75, 3.05) is 0 Å². The summed E-state index contributed by atoms with van der Waals surface area (Å²) < 4.78 is 0. The molecule has 14 heavy (non-hydrogen) atoms. The molecule has 0 aromatic carbocycles. The first-order valence-corrected chi connectivity index (χ1v) is 5.94. The normalized spacial score (nSPS) is 14.1. The Bertz CT molecular complexity index is 170. The molecule has 0 aromatic rings. The van der Waals surface area contributed by atoms with Crippen LogP contribution in [0.25, 0.3) is 0 Å². The van der Waals surface area contributed by atoms with Crippen molar-refractivity contribution in [3.8, 4) is 0 Å². The SMILES string of the molecule is CCCCC(C=O)=CC(CC)CCC. The molecule has 0 spiro atoms. The van der Waals surface area contributed by atoms with Crippen LogP contribution in [0, 0.1) is 5.92 Å². The summed E-state index contributed by atoms with van der Waals surface area (Å²) in [6.07, 6.45) is 10.0. The Morgan fingerprint density at radius 2 is 1.93 bits per heavy atom. The van der Waals surface area contributed by atoms with Crippen molar-refractivity contribution in [2.24, 2.45) is 5.92 Å². The summed E-state index contributed by atoms with van der Waals surface area (Å²) in [6.45, 7) is 6.55. The van der Waals surface area contributed by atoms with Crippen LogP contribution in [0.2, 0.25) is 0 Å². The number of carbonyl (C=O) groups is 1. The van der Waals surface area contributed by atoms with Gasteiger partial charge in [0.25, 0.3) is 0 Å². The maximum Gasteiger partial charge on any atom is 0.145 e. The van der Waals surface area contributed by atoms with E-state index in [4.69, 9.17) is 0 Å². The topological polar surface area (TPSA) is 17.1 Å². The van der Waals surface area contributed by atoms with Crippen molar-refractivity contribution in [3.63, 3.8) is 0 Å². The van der Waals surface area contributed by atoms with Crippen LogP contribution in [-0.4, -0.2) is 6.29 Å². The third-order valence-corrected chi connectivity index (χ3v) is 2.60. The van der Waals surface area contributed by atoms with Crippen LogP contribution in [0.1, 0.15) is 59.3 Å². The first-order chi connectivity index (χ1) is 6.78. The van der Waals surface area contributed by atoms with E-state index < -0.39 is 0 Å². The molecule has 0 rings (SSSR count). The van der Waals surface area contributed by atoms with Crippen molar-refractivity contribution in [1.29, 1.82) is 0 Å². The van der Waals surface area contributed by atoms with Gasteiger partial charge >= 0.3 is 0 Å². The molecule has 0 amide bonds. The van der Waals surface area contributed by atoms with E-state index >= 15 is 0 Å². The van der Waals surface area contributed by atoms with Gasteiger partial charge in [-0.15, -0.1) is 0 Å². The molecule has 1 nitrogen and oxygen atoms in total. The summed E-state index contributed by atoms with van der Waals surface area (Å²) in [6, 6.07) is 0. The highest BCUT2D eigenvalue weighted by atomic mass is 16.1. The molecular weight excluding hydrogens is 172 g/mol. The third-order valence-electron chi connectivity index (χ3n) is 2.60. The van der Waals surface area contributed by atoms with Crippen LogP contribution in [0.3, 0.4) is 0 Å². The molecule has 82 valence electrons. The van der Waals surface area contributed by atoms with Gasteiger partial charge in [0.2, 0.25) is 0 Å². The van der Waals surface area contributed by atoms with E-state index in [0.29, 0.717) is 5.92 Å². The molecule has 0 aromatic heterocycles. The lowest BCUT2D eigenvalue weighted by Gasteiger charge is -2.09. The molecule has 0 aliphatic heterocycles. The molecule has 0 aliphatic carbocycles. The van der Waals surface area contributed by atoms with Crippen LogP contribution < -0.4 is 0 Å². The van der Waals surface area contributed by atoms with Crippen LogP contribution in [0.4, 0.5) is 0 Å². The third kappa shape index (κ3) is 5.95. The number of rotatable bonds is 8. The lowest BCUT2D eigenvalue weighted by atomic mass is 9.96. The molecule has 1 atom stereocenters. The van der Waals surface area contributed by atoms with E-state index in [-0.39, 0.29) is 0 Å². The fourth-order valence-corrected chi connectivity index (χ4v) is 1.64. The molecule has 1 unspecified atom stereocenters. The van der Waals surface area contributed by atoms with Crippen LogP contribution in [-0.2, 0) is 4.79 Å². The lowest BCUT2D eigenvalue weighted by molar-refractivity contribution is -0.105. The Morgan fingerprint density at radius 3 is 2.36 bits per heavy atom. The zero-order valence-corrected chi connectivity index (χ0v) is 9.88. The minimum atomic E-state index is 0.608. The molecule has 0 N–H and O–H groups in total. The van der Waals surface area contributed by atoms with Gasteiger partial charge in [-0.3, -0.25) is 4.79 Å². The first kappa shape index (κ1) is 13.4. The highest BCUT2D eigenvalue weighted by Gasteiger charge is 2.03. The second-order valence-corrected chi connectivity index (χ2v) is 3.92. The van der Waals surface area contributed by atoms with Gasteiger partial charge in [-0.05, 0) is 37.2 Å². The molecule has 0 radical (unpaired) electrons. The molecule has 0 bridgehead atoms. The van der Waals surface area contributed by atoms with Gasteiger partial charge in [0, 0.05) is 0 Å². The van der Waals surface area contributed by atoms with Crippen molar-refractivity contribution < 1.29 is 4.79 Å². The summed E-state index contributed by atoms with van der Waals surface area (Å²) in [7, 11) is 0. The van der Waals surface area contributed by atoms with E-state index in [9.17, 15) is 4.79 Å². The molecule has 0 saturated carbocycles. The Balaban J connectivity index is 4.14. The van der Waals surface area contributed by atoms with E-state index in [1.165, 1.54) is 12.8 Å². The molecular formula is C13H24O. The smallest absolute Gasteiger partial charge is 0.145 e. The first-order valence-electron chi connectivity index (χ1n) is 5.94. The predicted octanol–water partition coefficient (Wildman–Crippen LogP) is 4.13. The quantitative estimate of drug-likeness (QED) is 0.421. The van der Waals surface area contributed by atoms with Crippen molar-refractivity contribution in [3.05, 3.63) is 11.6 Å². The summed E-state index contributed by atoms with van der Waals surface area (Å²) in [5.74, 6) is 0.608. The number of hydrogen-bond acceptors (Lipinski definition) is 1. The zero-order chi connectivity index (χ0) is 10.8. The fourth-order valence-electron chi connectivity index (χ4n) is 1.64. The molecule has 0 aliphatic rings. The van der Waals surface area contributed by atoms with Gasteiger partial charge in [0.1, 0.15) is 6.29 Å². The average molecular weight is 196 g/mol. The van der Waals surface area contributed by atoms with Gasteiger partial charge in [-0.2, -0.15) is 0 Å². The Labute approximate surface area is 88.6 Å². The Hall–Kier alpha value is -0.590. The Kier molecular flexibility index (Phi) is 8.61. The van der Waals surface area contributed by atoms with E-state index in [0.717, 1.165) is 37.5 Å². The highest BCUT2D eigenvalue weighted by molar-refractivity contribution is 5.73. The summed E-state index contributed by atoms with van der Waals surface area (Å²) in [5, 5.41) is 0. The number of carbonyl (C=O) groups excluding carboxylic acids is 1. The largest absolute Gasteiger partial charge is 0.298 e. The standard InChI is InChI=1S/C13H24O/c1-4-7-9-13(11-14)10-12(6-3)8-5-2/h10-12H,4-9H2,1-3H3. The van der Waals surface area contributed by atoms with Gasteiger partial charge in [-0.25, -0.2) is 0 Å². The minimum Gasteiger partial charge on any atom is -0.298 e. The van der Waals surface area contributed by atoms with E-state index in [2.05, 4.69) is 26.8 Å². The van der Waals surface area contributed by atoms with Crippen molar-refractivity contribution in [1.82, 2.24) is 0 Å². The van der Waals surface area contributed by atoms with Crippen LogP contribution >= 0.6 is 0 Å². The number of allylic oxidation sites excluding steroid dienone is 2. The van der Waals surface area contributed by atoms with Crippen molar-refractivity contribution >= 4 is 6.29 Å². The second-order valence-electron chi connectivity index (χ2n) is 3.92. The number of aldehydes is 1. The zero-order valence-electron chi connectivity index (χ0n) is 9.88. The highest BCUT2D eigenvalue weighted by Crippen LogP contribution is 2.16. The second kappa shape index (κ2) is 8.98. The fraction of sp³-hybridized carbons (Fsp3) is 0.769. The summed E-state index contributed by atoms with van der Waals surface area (Å²) in [5.41, 5.74) is 1.01. The lowest BCUT2D eigenvalue weighted by Crippen LogP contribution is -1.97. The van der Waals surface area contributed by atoms with E-state index in [1.54, 1.807) is 0 Å². The van der Waals surface area contributed by atoms with Gasteiger partial charge in [-0.1, -0.05) is 39.7 Å². The average Bonchev–Trinajstić information content (AvgIpc) is 2.22. The summed E-state index contributed by atoms with van der Waals surface area (Å²) >= 11 is 0. The van der Waals surface area contributed by atoms with E-state index in [1.807, 2.05) is 0 Å². The molecule has 0 fully saturated rings. The van der Waals surface area contributed by atoms with Crippen LogP contribution in [0.5, 0.6) is 0 Å². The molecule has 0 saturated heterocycles. The van der Waals surface area contributed by atoms with Crippen LogP contribution in [0.15, 0.2) is 11.6 Å². The monoisotopic (exact) mass is 196 g/mol. The Morgan fingerprint density at radius 1 is 1.21 bits per heavy atom. The van der Waals surface area contributed by atoms with Crippen molar-refractivity contribution in [2.45, 2.75) is 59.3 Å². The number of hydrogen-bond donors (Lipinski definition) is 0.